The van der Waals surface area contributed by atoms with Gasteiger partial charge in [-0.25, -0.2) is 0 Å². The largest absolute Gasteiger partial charge is 0.507 e. The van der Waals surface area contributed by atoms with Crippen molar-refractivity contribution in [2.24, 2.45) is 0 Å². The van der Waals surface area contributed by atoms with Gasteiger partial charge in [-0.15, -0.1) is 0 Å². The maximum absolute atomic E-state index is 11.2. The molecule has 15 heavy (non-hydrogen) atoms. The molecule has 0 bridgehead atoms. The monoisotopic (exact) mass is 267 g/mol. The number of nitrogens with one attached hydrogen (secondary N) is 1. The molecule has 76 valence electrons. The molecule has 5 heteroatoms. The first-order valence-corrected chi connectivity index (χ1v) is 4.94. The molecule has 0 saturated carbocycles. The summed E-state index contributed by atoms with van der Waals surface area (Å²) in [5.74, 6) is -0.213. The van der Waals surface area contributed by atoms with E-state index < -0.39 is 11.0 Å². The quantitative estimate of drug-likeness (QED) is 0.708. The maximum atomic E-state index is 11.2. The van der Waals surface area contributed by atoms with Gasteiger partial charge in [0.05, 0.1) is 5.52 Å². The van der Waals surface area contributed by atoms with Crippen molar-refractivity contribution >= 4 is 26.8 Å². The molecule has 0 saturated heterocycles. The maximum Gasteiger partial charge on any atom is 0.296 e. The smallest absolute Gasteiger partial charge is 0.296 e. The van der Waals surface area contributed by atoms with Gasteiger partial charge in [-0.05, 0) is 28.1 Å². The van der Waals surface area contributed by atoms with E-state index in [9.17, 15) is 14.7 Å². The lowest BCUT2D eigenvalue weighted by atomic mass is 10.2. The lowest BCUT2D eigenvalue weighted by molar-refractivity contribution is 0.481. The molecular formula is C10H6BrNO3. The van der Waals surface area contributed by atoms with Crippen LogP contribution in [0.4, 0.5) is 0 Å². The van der Waals surface area contributed by atoms with Crippen molar-refractivity contribution in [3.05, 3.63) is 49.3 Å². The van der Waals surface area contributed by atoms with E-state index in [1.54, 1.807) is 18.2 Å². The van der Waals surface area contributed by atoms with Crippen molar-refractivity contribution < 1.29 is 5.11 Å². The van der Waals surface area contributed by atoms with Gasteiger partial charge in [0.2, 0.25) is 5.43 Å². The third-order valence-corrected chi connectivity index (χ3v) is 2.68. The summed E-state index contributed by atoms with van der Waals surface area (Å²) in [6, 6.07) is 5.94. The number of para-hydroxylation sites is 1. The average molecular weight is 268 g/mol. The number of H-pyrrole nitrogens is 1. The van der Waals surface area contributed by atoms with Crippen molar-refractivity contribution in [3.63, 3.8) is 0 Å². The van der Waals surface area contributed by atoms with E-state index in [0.717, 1.165) is 6.07 Å². The normalized spacial score (nSPS) is 10.5. The molecule has 4 nitrogen and oxygen atoms in total. The minimum Gasteiger partial charge on any atom is -0.507 e. The summed E-state index contributed by atoms with van der Waals surface area (Å²) >= 11 is 3.23. The second-order valence-electron chi connectivity index (χ2n) is 3.01. The van der Waals surface area contributed by atoms with Gasteiger partial charge in [0.1, 0.15) is 5.75 Å². The third kappa shape index (κ3) is 1.66. The minimum atomic E-state index is -0.768. The van der Waals surface area contributed by atoms with Gasteiger partial charge in [0, 0.05) is 15.9 Å². The number of rotatable bonds is 0. The molecule has 1 aromatic carbocycles. The molecule has 0 spiro atoms. The van der Waals surface area contributed by atoms with Gasteiger partial charge < -0.3 is 10.1 Å². The average Bonchev–Trinajstić information content (AvgIpc) is 2.29. The number of fused-ring (bicyclic) bond motifs is 1. The molecule has 0 aliphatic heterocycles. The summed E-state index contributed by atoms with van der Waals surface area (Å²) in [6.45, 7) is 0. The SMILES string of the molecule is O=c1cc(O)c2cccc(Br)c2[nH]c1=O. The van der Waals surface area contributed by atoms with E-state index in [2.05, 4.69) is 20.9 Å². The zero-order chi connectivity index (χ0) is 11.0. The summed E-state index contributed by atoms with van der Waals surface area (Å²) in [4.78, 5) is 24.8. The van der Waals surface area contributed by atoms with Crippen LogP contribution < -0.4 is 11.0 Å². The fraction of sp³-hybridized carbons (Fsp3) is 0. The van der Waals surface area contributed by atoms with Gasteiger partial charge in [0.25, 0.3) is 5.56 Å². The van der Waals surface area contributed by atoms with Crippen molar-refractivity contribution in [2.45, 2.75) is 0 Å². The second kappa shape index (κ2) is 3.51. The molecule has 0 radical (unpaired) electrons. The van der Waals surface area contributed by atoms with Crippen LogP contribution in [0.3, 0.4) is 0 Å². The van der Waals surface area contributed by atoms with Crippen LogP contribution in [0.15, 0.2) is 38.3 Å². The van der Waals surface area contributed by atoms with Crippen LogP contribution in [0.25, 0.3) is 10.9 Å². The summed E-state index contributed by atoms with van der Waals surface area (Å²) in [5.41, 5.74) is -1.12. The number of hydrogen-bond acceptors (Lipinski definition) is 3. The number of aromatic nitrogens is 1. The van der Waals surface area contributed by atoms with Crippen LogP contribution in [-0.4, -0.2) is 10.1 Å². The van der Waals surface area contributed by atoms with E-state index in [4.69, 9.17) is 0 Å². The van der Waals surface area contributed by atoms with Gasteiger partial charge in [-0.3, -0.25) is 9.59 Å². The van der Waals surface area contributed by atoms with Gasteiger partial charge in [0.15, 0.2) is 0 Å². The molecular weight excluding hydrogens is 262 g/mol. The zero-order valence-electron chi connectivity index (χ0n) is 7.45. The standard InChI is InChI=1S/C10H6BrNO3/c11-6-3-1-2-5-7(13)4-8(14)10(15)12-9(5)6/h1-4,13H,(H,12,14,15). The molecule has 0 fully saturated rings. The Kier molecular flexibility index (Phi) is 2.32. The van der Waals surface area contributed by atoms with Gasteiger partial charge in [-0.1, -0.05) is 6.07 Å². The minimum absolute atomic E-state index is 0.213. The highest BCUT2D eigenvalue weighted by Crippen LogP contribution is 2.25. The van der Waals surface area contributed by atoms with Crippen LogP contribution in [0.1, 0.15) is 0 Å². The fourth-order valence-electron chi connectivity index (χ4n) is 1.31. The van der Waals surface area contributed by atoms with Crippen LogP contribution in [0.5, 0.6) is 5.75 Å². The summed E-state index contributed by atoms with van der Waals surface area (Å²) in [6.07, 6.45) is 0. The molecule has 0 atom stereocenters. The summed E-state index contributed by atoms with van der Waals surface area (Å²) < 4.78 is 0.614. The number of aromatic amines is 1. The van der Waals surface area contributed by atoms with Gasteiger partial charge >= 0.3 is 0 Å². The summed E-state index contributed by atoms with van der Waals surface area (Å²) in [7, 11) is 0. The first kappa shape index (κ1) is 9.92. The van der Waals surface area contributed by atoms with Gasteiger partial charge in [-0.2, -0.15) is 0 Å². The number of benzene rings is 1. The molecule has 0 amide bonds. The number of hydrogen-bond donors (Lipinski definition) is 2. The van der Waals surface area contributed by atoms with Crippen molar-refractivity contribution in [1.82, 2.24) is 4.98 Å². The second-order valence-corrected chi connectivity index (χ2v) is 3.86. The van der Waals surface area contributed by atoms with E-state index in [0.29, 0.717) is 15.4 Å². The zero-order valence-corrected chi connectivity index (χ0v) is 9.04. The highest BCUT2D eigenvalue weighted by atomic mass is 79.9. The molecule has 2 aromatic rings. The molecule has 1 heterocycles. The first-order valence-electron chi connectivity index (χ1n) is 4.14. The Hall–Kier alpha value is -1.62. The Labute approximate surface area is 92.3 Å². The Bertz CT molecular complexity index is 648. The predicted octanol–water partition coefficient (Wildman–Crippen LogP) is 1.36. The number of aromatic hydroxyl groups is 1. The Morgan fingerprint density at radius 3 is 2.73 bits per heavy atom. The van der Waals surface area contributed by atoms with E-state index in [-0.39, 0.29) is 5.75 Å². The van der Waals surface area contributed by atoms with Crippen LogP contribution in [0.2, 0.25) is 0 Å². The van der Waals surface area contributed by atoms with Crippen LogP contribution in [0, 0.1) is 0 Å². The Morgan fingerprint density at radius 1 is 1.27 bits per heavy atom. The lowest BCUT2D eigenvalue weighted by Crippen LogP contribution is -2.22. The van der Waals surface area contributed by atoms with Crippen LogP contribution >= 0.6 is 15.9 Å². The Balaban J connectivity index is 3.17. The highest BCUT2D eigenvalue weighted by Gasteiger charge is 2.04. The van der Waals surface area contributed by atoms with Crippen molar-refractivity contribution in [1.29, 1.82) is 0 Å². The molecule has 2 N–H and O–H groups in total. The molecule has 0 aliphatic carbocycles. The summed E-state index contributed by atoms with van der Waals surface area (Å²) in [5, 5.41) is 10.0. The molecule has 0 unspecified atom stereocenters. The lowest BCUT2D eigenvalue weighted by Gasteiger charge is -1.96. The van der Waals surface area contributed by atoms with Crippen LogP contribution in [-0.2, 0) is 0 Å². The molecule has 0 aliphatic rings. The fourth-order valence-corrected chi connectivity index (χ4v) is 1.77. The van der Waals surface area contributed by atoms with E-state index in [1.165, 1.54) is 0 Å². The molecule has 1 aromatic heterocycles. The van der Waals surface area contributed by atoms with Crippen molar-refractivity contribution in [2.75, 3.05) is 0 Å². The first-order chi connectivity index (χ1) is 7.09. The van der Waals surface area contributed by atoms with E-state index in [1.807, 2.05) is 0 Å². The number of halogens is 1. The highest BCUT2D eigenvalue weighted by molar-refractivity contribution is 9.10. The predicted molar refractivity (Wildman–Crippen MR) is 60.2 cm³/mol. The molecule has 2 rings (SSSR count). The Morgan fingerprint density at radius 2 is 2.00 bits per heavy atom. The van der Waals surface area contributed by atoms with Crippen molar-refractivity contribution in [3.8, 4) is 5.75 Å². The van der Waals surface area contributed by atoms with E-state index >= 15 is 0 Å². The topological polar surface area (TPSA) is 70.2 Å². The third-order valence-electron chi connectivity index (χ3n) is 2.02.